The summed E-state index contributed by atoms with van der Waals surface area (Å²) in [6, 6.07) is 1.63. The fourth-order valence-electron chi connectivity index (χ4n) is 2.17. The molecule has 3 rings (SSSR count). The number of nitrogens with one attached hydrogen (secondary N) is 1. The number of allylic oxidation sites excluding steroid dienone is 2. The second-order valence-corrected chi connectivity index (χ2v) is 4.09. The summed E-state index contributed by atoms with van der Waals surface area (Å²) in [5.74, 6) is 0.465. The quantitative estimate of drug-likeness (QED) is 0.751. The van der Waals surface area contributed by atoms with Crippen molar-refractivity contribution in [1.29, 1.82) is 0 Å². The summed E-state index contributed by atoms with van der Waals surface area (Å²) in [7, 11) is 0. The van der Waals surface area contributed by atoms with Crippen LogP contribution in [0.4, 0.5) is 0 Å². The standard InChI is InChI=1S/C12H12N2O/c1-7-8(2)10(7)11-9(15)3-5-14-6-4-13-12(11)14/h3-7,13H,1-2H3/t7-/m0/s1. The number of hydrogen-bond donors (Lipinski definition) is 1. The molecule has 0 spiro atoms. The van der Waals surface area contributed by atoms with Gasteiger partial charge in [0.1, 0.15) is 5.65 Å². The maximum absolute atomic E-state index is 11.8. The van der Waals surface area contributed by atoms with Crippen molar-refractivity contribution in [1.82, 2.24) is 9.38 Å². The molecule has 3 heteroatoms. The van der Waals surface area contributed by atoms with Crippen LogP contribution in [0.2, 0.25) is 0 Å². The SMILES string of the molecule is CC1=C(c2c(=O)ccn3cc[nH]c23)[C@H]1C. The van der Waals surface area contributed by atoms with Gasteiger partial charge in [0.2, 0.25) is 0 Å². The molecule has 0 fully saturated rings. The summed E-state index contributed by atoms with van der Waals surface area (Å²) in [5.41, 5.74) is 4.39. The van der Waals surface area contributed by atoms with Crippen LogP contribution in [0, 0.1) is 5.92 Å². The Kier molecular flexibility index (Phi) is 1.49. The molecule has 0 aliphatic heterocycles. The molecule has 1 aliphatic carbocycles. The molecule has 0 bridgehead atoms. The predicted molar refractivity (Wildman–Crippen MR) is 59.8 cm³/mol. The number of hydrogen-bond acceptors (Lipinski definition) is 1. The van der Waals surface area contributed by atoms with E-state index in [1.165, 1.54) is 11.1 Å². The number of H-pyrrole nitrogens is 1. The normalized spacial score (nSPS) is 20.0. The predicted octanol–water partition coefficient (Wildman–Crippen LogP) is 2.05. The highest BCUT2D eigenvalue weighted by atomic mass is 16.1. The third kappa shape index (κ3) is 1.03. The topological polar surface area (TPSA) is 37.3 Å². The number of aromatic nitrogens is 2. The molecule has 1 aliphatic rings. The van der Waals surface area contributed by atoms with Gasteiger partial charge in [0.05, 0.1) is 5.56 Å². The zero-order chi connectivity index (χ0) is 10.6. The second kappa shape index (κ2) is 2.63. The van der Waals surface area contributed by atoms with Gasteiger partial charge in [-0.25, -0.2) is 0 Å². The van der Waals surface area contributed by atoms with Crippen LogP contribution in [0.5, 0.6) is 0 Å². The van der Waals surface area contributed by atoms with Crippen LogP contribution in [0.25, 0.3) is 11.2 Å². The third-order valence-corrected chi connectivity index (χ3v) is 3.28. The summed E-state index contributed by atoms with van der Waals surface area (Å²) >= 11 is 0. The first-order valence-corrected chi connectivity index (χ1v) is 5.09. The van der Waals surface area contributed by atoms with Crippen LogP contribution in [0.15, 0.2) is 35.0 Å². The van der Waals surface area contributed by atoms with E-state index >= 15 is 0 Å². The van der Waals surface area contributed by atoms with E-state index < -0.39 is 0 Å². The van der Waals surface area contributed by atoms with Gasteiger partial charge in [-0.1, -0.05) is 12.5 Å². The number of rotatable bonds is 1. The number of nitrogens with zero attached hydrogens (tertiary/aromatic N) is 1. The molecule has 0 amide bonds. The van der Waals surface area contributed by atoms with Crippen LogP contribution in [0.3, 0.4) is 0 Å². The number of fused-ring (bicyclic) bond motifs is 1. The van der Waals surface area contributed by atoms with Gasteiger partial charge in [-0.3, -0.25) is 4.79 Å². The molecule has 0 radical (unpaired) electrons. The highest BCUT2D eigenvalue weighted by molar-refractivity contribution is 5.89. The van der Waals surface area contributed by atoms with Crippen molar-refractivity contribution < 1.29 is 0 Å². The smallest absolute Gasteiger partial charge is 0.191 e. The fourth-order valence-corrected chi connectivity index (χ4v) is 2.17. The van der Waals surface area contributed by atoms with E-state index in [-0.39, 0.29) is 5.43 Å². The Bertz CT molecular complexity index is 630. The first kappa shape index (κ1) is 8.53. The van der Waals surface area contributed by atoms with Crippen molar-refractivity contribution in [3.05, 3.63) is 46.0 Å². The summed E-state index contributed by atoms with van der Waals surface area (Å²) in [4.78, 5) is 15.0. The van der Waals surface area contributed by atoms with Crippen LogP contribution >= 0.6 is 0 Å². The van der Waals surface area contributed by atoms with Crippen LogP contribution in [-0.4, -0.2) is 9.38 Å². The van der Waals surface area contributed by atoms with Gasteiger partial charge in [0, 0.05) is 30.6 Å². The zero-order valence-corrected chi connectivity index (χ0v) is 8.74. The second-order valence-electron chi connectivity index (χ2n) is 4.09. The van der Waals surface area contributed by atoms with Crippen molar-refractivity contribution in [2.75, 3.05) is 0 Å². The molecule has 0 saturated heterocycles. The van der Waals surface area contributed by atoms with E-state index in [0.717, 1.165) is 11.2 Å². The largest absolute Gasteiger partial charge is 0.346 e. The molecule has 2 aromatic rings. The Hall–Kier alpha value is -1.77. The molecular weight excluding hydrogens is 188 g/mol. The minimum atomic E-state index is 0.108. The molecule has 15 heavy (non-hydrogen) atoms. The van der Waals surface area contributed by atoms with Crippen LogP contribution in [0.1, 0.15) is 19.4 Å². The van der Waals surface area contributed by atoms with Gasteiger partial charge in [0.25, 0.3) is 0 Å². The molecule has 0 aromatic carbocycles. The van der Waals surface area contributed by atoms with Gasteiger partial charge >= 0.3 is 0 Å². The first-order chi connectivity index (χ1) is 7.20. The lowest BCUT2D eigenvalue weighted by molar-refractivity contribution is 1.04. The lowest BCUT2D eigenvalue weighted by atomic mass is 10.1. The molecule has 0 saturated carbocycles. The zero-order valence-electron chi connectivity index (χ0n) is 8.74. The van der Waals surface area contributed by atoms with Crippen molar-refractivity contribution in [3.63, 3.8) is 0 Å². The Morgan fingerprint density at radius 3 is 2.80 bits per heavy atom. The van der Waals surface area contributed by atoms with Crippen LogP contribution in [-0.2, 0) is 0 Å². The van der Waals surface area contributed by atoms with E-state index in [2.05, 4.69) is 18.8 Å². The lowest BCUT2D eigenvalue weighted by Crippen LogP contribution is -2.07. The summed E-state index contributed by atoms with van der Waals surface area (Å²) < 4.78 is 1.95. The molecule has 2 heterocycles. The number of pyridine rings is 1. The third-order valence-electron chi connectivity index (χ3n) is 3.28. The summed E-state index contributed by atoms with van der Waals surface area (Å²) in [5, 5.41) is 0. The average molecular weight is 200 g/mol. The fraction of sp³-hybridized carbons (Fsp3) is 0.250. The lowest BCUT2D eigenvalue weighted by Gasteiger charge is -1.99. The monoisotopic (exact) mass is 200 g/mol. The average Bonchev–Trinajstić information content (AvgIpc) is 2.70. The van der Waals surface area contributed by atoms with E-state index in [1.54, 1.807) is 12.3 Å². The Morgan fingerprint density at radius 1 is 1.40 bits per heavy atom. The van der Waals surface area contributed by atoms with Gasteiger partial charge in [0.15, 0.2) is 5.43 Å². The van der Waals surface area contributed by atoms with Crippen molar-refractivity contribution >= 4 is 11.2 Å². The highest BCUT2D eigenvalue weighted by Gasteiger charge is 2.32. The Morgan fingerprint density at radius 2 is 2.13 bits per heavy atom. The number of aromatic amines is 1. The molecule has 3 nitrogen and oxygen atoms in total. The molecular formula is C12H12N2O. The van der Waals surface area contributed by atoms with Crippen molar-refractivity contribution in [3.8, 4) is 0 Å². The Balaban J connectivity index is 2.38. The van der Waals surface area contributed by atoms with Gasteiger partial charge in [-0.05, 0) is 12.5 Å². The molecule has 1 N–H and O–H groups in total. The maximum atomic E-state index is 11.8. The summed E-state index contributed by atoms with van der Waals surface area (Å²) in [6.07, 6.45) is 5.56. The van der Waals surface area contributed by atoms with Crippen molar-refractivity contribution in [2.45, 2.75) is 13.8 Å². The van der Waals surface area contributed by atoms with Gasteiger partial charge in [-0.2, -0.15) is 0 Å². The Labute approximate surface area is 87.1 Å². The summed E-state index contributed by atoms with van der Waals surface area (Å²) in [6.45, 7) is 4.22. The van der Waals surface area contributed by atoms with E-state index in [0.29, 0.717) is 5.92 Å². The first-order valence-electron chi connectivity index (χ1n) is 5.09. The highest BCUT2D eigenvalue weighted by Crippen LogP contribution is 2.45. The minimum Gasteiger partial charge on any atom is -0.346 e. The van der Waals surface area contributed by atoms with Gasteiger partial charge in [-0.15, -0.1) is 0 Å². The molecule has 76 valence electrons. The molecule has 1 atom stereocenters. The van der Waals surface area contributed by atoms with Crippen molar-refractivity contribution in [2.24, 2.45) is 5.92 Å². The van der Waals surface area contributed by atoms with E-state index in [4.69, 9.17) is 0 Å². The van der Waals surface area contributed by atoms with Gasteiger partial charge < -0.3 is 9.38 Å². The van der Waals surface area contributed by atoms with E-state index in [1.807, 2.05) is 16.8 Å². The number of imidazole rings is 1. The van der Waals surface area contributed by atoms with Crippen LogP contribution < -0.4 is 5.43 Å². The maximum Gasteiger partial charge on any atom is 0.191 e. The molecule has 2 aromatic heterocycles. The molecule has 0 unspecified atom stereocenters. The van der Waals surface area contributed by atoms with E-state index in [9.17, 15) is 4.79 Å². The minimum absolute atomic E-state index is 0.108.